The number of benzene rings is 2. The van der Waals surface area contributed by atoms with E-state index in [9.17, 15) is 9.59 Å². The number of rotatable bonds is 11. The van der Waals surface area contributed by atoms with Crippen molar-refractivity contribution in [1.82, 2.24) is 20.3 Å². The number of para-hydroxylation sites is 1. The lowest BCUT2D eigenvalue weighted by Crippen LogP contribution is -2.36. The Morgan fingerprint density at radius 3 is 2.28 bits per heavy atom. The Morgan fingerprint density at radius 1 is 1.00 bits per heavy atom. The summed E-state index contributed by atoms with van der Waals surface area (Å²) in [5.41, 5.74) is 5.52. The van der Waals surface area contributed by atoms with E-state index in [4.69, 9.17) is 19.7 Å². The Bertz CT molecular complexity index is 1450. The van der Waals surface area contributed by atoms with Crippen molar-refractivity contribution in [3.63, 3.8) is 0 Å². The second-order valence-electron chi connectivity index (χ2n) is 13.7. The molecule has 0 radical (unpaired) electrons. The van der Waals surface area contributed by atoms with Gasteiger partial charge >= 0.3 is 12.1 Å². The molecule has 1 amide bonds. The Hall–Kier alpha value is -3.92. The number of fused-ring (bicyclic) bond motifs is 5. The smallest absolute Gasteiger partial charge is 0.407 e. The minimum Gasteiger partial charge on any atom is -0.457 e. The third kappa shape index (κ3) is 9.55. The first kappa shape index (κ1) is 36.5. The van der Waals surface area contributed by atoms with Gasteiger partial charge in [-0.15, -0.1) is 5.10 Å². The van der Waals surface area contributed by atoms with Crippen LogP contribution >= 0.6 is 0 Å². The molecule has 0 unspecified atom stereocenters. The van der Waals surface area contributed by atoms with Crippen molar-refractivity contribution in [2.75, 3.05) is 31.2 Å². The van der Waals surface area contributed by atoms with Gasteiger partial charge in [-0.2, -0.15) is 0 Å². The van der Waals surface area contributed by atoms with Crippen LogP contribution in [-0.4, -0.2) is 64.1 Å². The average molecular weight is 636 g/mol. The lowest BCUT2D eigenvalue weighted by Gasteiger charge is -2.31. The van der Waals surface area contributed by atoms with Gasteiger partial charge in [-0.3, -0.25) is 4.79 Å². The molecule has 0 fully saturated rings. The van der Waals surface area contributed by atoms with Crippen LogP contribution in [0.1, 0.15) is 80.7 Å². The van der Waals surface area contributed by atoms with Gasteiger partial charge in [0.1, 0.15) is 11.3 Å². The number of aliphatic hydroxyl groups excluding tert-OH is 1. The van der Waals surface area contributed by atoms with E-state index in [0.717, 1.165) is 41.0 Å². The highest BCUT2D eigenvalue weighted by molar-refractivity contribution is 5.88. The van der Waals surface area contributed by atoms with E-state index in [0.29, 0.717) is 32.2 Å². The Morgan fingerprint density at radius 2 is 1.65 bits per heavy atom. The summed E-state index contributed by atoms with van der Waals surface area (Å²) in [6.45, 7) is 19.8. The van der Waals surface area contributed by atoms with Crippen molar-refractivity contribution in [1.29, 1.82) is 0 Å². The summed E-state index contributed by atoms with van der Waals surface area (Å²) in [4.78, 5) is 25.4. The molecule has 1 aliphatic heterocycles. The minimum absolute atomic E-state index is 0.138. The monoisotopic (exact) mass is 635 g/mol. The van der Waals surface area contributed by atoms with Gasteiger partial charge in [0.05, 0.1) is 30.4 Å². The number of carbonyl (C=O) groups is 2. The highest BCUT2D eigenvalue weighted by Crippen LogP contribution is 2.42. The molecule has 0 atom stereocenters. The van der Waals surface area contributed by atoms with Crippen molar-refractivity contribution < 1.29 is 24.2 Å². The third-order valence-corrected chi connectivity index (χ3v) is 8.05. The Balaban J connectivity index is 0.000000449. The van der Waals surface area contributed by atoms with Crippen LogP contribution in [0.4, 0.5) is 10.5 Å². The molecule has 10 nitrogen and oxygen atoms in total. The van der Waals surface area contributed by atoms with E-state index in [1.165, 1.54) is 5.56 Å². The molecule has 0 saturated carbocycles. The number of amides is 1. The topological polar surface area (TPSA) is 119 Å². The van der Waals surface area contributed by atoms with Crippen LogP contribution in [0.3, 0.4) is 0 Å². The normalized spacial score (nSPS) is 12.7. The molecule has 46 heavy (non-hydrogen) atoms. The molecule has 10 heteroatoms. The van der Waals surface area contributed by atoms with E-state index < -0.39 is 5.60 Å². The molecule has 1 aliphatic rings. The van der Waals surface area contributed by atoms with Gasteiger partial charge in [0.15, 0.2) is 0 Å². The molecule has 1 aromatic heterocycles. The number of hydrogen-bond acceptors (Lipinski definition) is 8. The summed E-state index contributed by atoms with van der Waals surface area (Å²) in [6.07, 6.45) is 1.44. The summed E-state index contributed by atoms with van der Waals surface area (Å²) in [6, 6.07) is 16.8. The number of aromatic nitrogens is 3. The van der Waals surface area contributed by atoms with Gasteiger partial charge in [-0.25, -0.2) is 9.48 Å². The molecule has 0 bridgehead atoms. The second kappa shape index (κ2) is 16.1. The molecule has 2 N–H and O–H groups in total. The van der Waals surface area contributed by atoms with Gasteiger partial charge in [-0.1, -0.05) is 82.3 Å². The van der Waals surface area contributed by atoms with Crippen molar-refractivity contribution in [3.05, 3.63) is 54.1 Å². The molecule has 4 rings (SSSR count). The number of esters is 1. The average Bonchev–Trinajstić information content (AvgIpc) is 3.45. The molecule has 2 aromatic carbocycles. The van der Waals surface area contributed by atoms with Crippen LogP contribution in [0.2, 0.25) is 0 Å². The summed E-state index contributed by atoms with van der Waals surface area (Å²) in [5, 5.41) is 21.0. The first-order valence-corrected chi connectivity index (χ1v) is 16.3. The van der Waals surface area contributed by atoms with Crippen LogP contribution in [0.15, 0.2) is 48.5 Å². The van der Waals surface area contributed by atoms with Crippen LogP contribution in [0, 0.1) is 11.8 Å². The zero-order valence-electron chi connectivity index (χ0n) is 29.1. The van der Waals surface area contributed by atoms with Crippen LogP contribution in [-0.2, 0) is 26.4 Å². The summed E-state index contributed by atoms with van der Waals surface area (Å²) in [5.74, 6) is 0.0936. The fourth-order valence-corrected chi connectivity index (χ4v) is 4.76. The maximum absolute atomic E-state index is 12.1. The van der Waals surface area contributed by atoms with Crippen molar-refractivity contribution >= 4 is 17.7 Å². The maximum atomic E-state index is 12.1. The highest BCUT2D eigenvalue weighted by Gasteiger charge is 2.31. The van der Waals surface area contributed by atoms with E-state index in [1.54, 1.807) is 27.7 Å². The number of aliphatic hydroxyl groups is 1. The second-order valence-corrected chi connectivity index (χ2v) is 13.7. The van der Waals surface area contributed by atoms with E-state index in [1.807, 2.05) is 12.1 Å². The number of alkyl carbamates (subject to hydrolysis) is 1. The molecule has 252 valence electrons. The minimum atomic E-state index is -0.749. The van der Waals surface area contributed by atoms with E-state index in [-0.39, 0.29) is 30.1 Å². The number of nitrogens with one attached hydrogen (secondary N) is 1. The number of nitrogens with zero attached hydrogens (tertiary/aromatic N) is 4. The first-order valence-electron chi connectivity index (χ1n) is 16.3. The molecular weight excluding hydrogens is 582 g/mol. The predicted octanol–water partition coefficient (Wildman–Crippen LogP) is 6.81. The molecule has 3 aromatic rings. The highest BCUT2D eigenvalue weighted by atomic mass is 16.6. The molecule has 0 aliphatic carbocycles. The Kier molecular flexibility index (Phi) is 12.8. The fourth-order valence-electron chi connectivity index (χ4n) is 4.76. The molecular formula is C36H53N5O5. The maximum Gasteiger partial charge on any atom is 0.407 e. The van der Waals surface area contributed by atoms with Gasteiger partial charge in [0, 0.05) is 36.4 Å². The lowest BCUT2D eigenvalue weighted by molar-refractivity contribution is -0.163. The standard InChI is InChI=1S/C28H37N5O2.C8H16O3/c1-6-28(4,5)33-26-22-12-8-7-11-21(22)19-32(17-16-29-27(34)35-18-15-20(2)3)24-14-10-9-13-23(24)25(26)30-31-33;1-6(2)7(10)11-8(3,4)5-9/h7-14,20H,6,15-19H2,1-5H3,(H,29,34);6,9H,5H2,1-4H3. The molecule has 0 saturated heterocycles. The number of hydrogen-bond donors (Lipinski definition) is 2. The van der Waals surface area contributed by atoms with Gasteiger partial charge in [0.25, 0.3) is 0 Å². The van der Waals surface area contributed by atoms with Crippen LogP contribution in [0.25, 0.3) is 22.5 Å². The quantitative estimate of drug-likeness (QED) is 0.221. The first-order chi connectivity index (χ1) is 21.7. The van der Waals surface area contributed by atoms with Crippen molar-refractivity contribution in [3.8, 4) is 22.5 Å². The summed E-state index contributed by atoms with van der Waals surface area (Å²) >= 11 is 0. The Labute approximate surface area is 274 Å². The lowest BCUT2D eigenvalue weighted by atomic mass is 9.93. The van der Waals surface area contributed by atoms with Crippen LogP contribution < -0.4 is 10.2 Å². The predicted molar refractivity (Wildman–Crippen MR) is 182 cm³/mol. The zero-order chi connectivity index (χ0) is 34.1. The van der Waals surface area contributed by atoms with E-state index in [2.05, 4.69) is 91.1 Å². The van der Waals surface area contributed by atoms with Gasteiger partial charge in [-0.05, 0) is 58.1 Å². The van der Waals surface area contributed by atoms with Crippen molar-refractivity contribution in [2.45, 2.75) is 92.8 Å². The third-order valence-electron chi connectivity index (χ3n) is 8.05. The largest absolute Gasteiger partial charge is 0.457 e. The number of ether oxygens (including phenoxy) is 2. The van der Waals surface area contributed by atoms with E-state index >= 15 is 0 Å². The SMILES string of the molecule is CC(C)C(=O)OC(C)(C)CO.CCC(C)(C)n1nnc2c1-c1ccccc1CN(CCNC(=O)OCCC(C)C)c1ccccc1-2. The van der Waals surface area contributed by atoms with Crippen molar-refractivity contribution in [2.24, 2.45) is 11.8 Å². The van der Waals surface area contributed by atoms with Gasteiger partial charge < -0.3 is 24.8 Å². The number of anilines is 1. The summed E-state index contributed by atoms with van der Waals surface area (Å²) < 4.78 is 12.4. The van der Waals surface area contributed by atoms with Gasteiger partial charge in [0.2, 0.25) is 0 Å². The summed E-state index contributed by atoms with van der Waals surface area (Å²) in [7, 11) is 0. The molecule has 2 heterocycles. The molecule has 0 spiro atoms. The van der Waals surface area contributed by atoms with Crippen LogP contribution in [0.5, 0.6) is 0 Å². The number of carbonyl (C=O) groups excluding carboxylic acids is 2. The zero-order valence-corrected chi connectivity index (χ0v) is 29.1. The fraction of sp³-hybridized carbons (Fsp3) is 0.556.